The quantitative estimate of drug-likeness (QED) is 0.801. The zero-order valence-corrected chi connectivity index (χ0v) is 11.9. The molecule has 0 aliphatic heterocycles. The minimum absolute atomic E-state index is 0.103. The number of benzene rings is 1. The zero-order chi connectivity index (χ0) is 14.3. The van der Waals surface area contributed by atoms with Gasteiger partial charge in [0.2, 0.25) is 11.8 Å². The van der Waals surface area contributed by atoms with Crippen molar-refractivity contribution in [2.24, 2.45) is 0 Å². The largest absolute Gasteiger partial charge is 0.345 e. The Morgan fingerprint density at radius 3 is 2.58 bits per heavy atom. The lowest BCUT2D eigenvalue weighted by Gasteiger charge is -2.16. The number of unbranched alkanes of at least 4 members (excludes halogenated alkanes) is 1. The molecule has 2 amide bonds. The van der Waals surface area contributed by atoms with Gasteiger partial charge in [0.1, 0.15) is 6.42 Å². The molecule has 1 N–H and O–H groups in total. The number of para-hydroxylation sites is 1. The Morgan fingerprint density at radius 1 is 1.26 bits per heavy atom. The summed E-state index contributed by atoms with van der Waals surface area (Å²) < 4.78 is 0. The van der Waals surface area contributed by atoms with Crippen molar-refractivity contribution in [2.45, 2.75) is 33.1 Å². The van der Waals surface area contributed by atoms with Crippen LogP contribution in [0, 0.1) is 6.92 Å². The van der Waals surface area contributed by atoms with Crippen molar-refractivity contribution >= 4 is 17.5 Å². The molecule has 1 rings (SSSR count). The summed E-state index contributed by atoms with van der Waals surface area (Å²) in [6.07, 6.45) is 1.89. The van der Waals surface area contributed by atoms with Gasteiger partial charge in [0.25, 0.3) is 0 Å². The average Bonchev–Trinajstić information content (AvgIpc) is 2.38. The maximum Gasteiger partial charge on any atom is 0.233 e. The van der Waals surface area contributed by atoms with Crippen LogP contribution in [-0.4, -0.2) is 30.3 Å². The number of carbonyl (C=O) groups is 2. The summed E-state index contributed by atoms with van der Waals surface area (Å²) in [6.45, 7) is 4.70. The lowest BCUT2D eigenvalue weighted by atomic mass is 10.2. The molecule has 0 heterocycles. The molecule has 1 aromatic rings. The molecule has 104 valence electrons. The van der Waals surface area contributed by atoms with E-state index >= 15 is 0 Å². The standard InChI is InChI=1S/C15H22N2O2/c1-4-5-10-17(3)15(19)11-14(18)16-13-9-7-6-8-12(13)2/h6-9H,4-5,10-11H2,1-3H3,(H,16,18). The van der Waals surface area contributed by atoms with E-state index in [4.69, 9.17) is 0 Å². The van der Waals surface area contributed by atoms with Crippen molar-refractivity contribution in [3.8, 4) is 0 Å². The monoisotopic (exact) mass is 262 g/mol. The minimum atomic E-state index is -0.261. The Kier molecular flexibility index (Phi) is 6.06. The molecule has 0 saturated carbocycles. The third kappa shape index (κ3) is 5.12. The van der Waals surface area contributed by atoms with Crippen LogP contribution in [0.2, 0.25) is 0 Å². The van der Waals surface area contributed by atoms with Crippen LogP contribution >= 0.6 is 0 Å². The van der Waals surface area contributed by atoms with Crippen LogP contribution in [0.25, 0.3) is 0 Å². The first-order valence-corrected chi connectivity index (χ1v) is 6.64. The third-order valence-electron chi connectivity index (χ3n) is 3.00. The van der Waals surface area contributed by atoms with Crippen LogP contribution in [0.5, 0.6) is 0 Å². The summed E-state index contributed by atoms with van der Waals surface area (Å²) in [5.74, 6) is -0.401. The molecule has 4 heteroatoms. The van der Waals surface area contributed by atoms with Crippen molar-refractivity contribution < 1.29 is 9.59 Å². The number of hydrogen-bond acceptors (Lipinski definition) is 2. The highest BCUT2D eigenvalue weighted by Crippen LogP contribution is 2.13. The summed E-state index contributed by atoms with van der Waals surface area (Å²) in [6, 6.07) is 7.52. The Hall–Kier alpha value is -1.84. The molecular formula is C15H22N2O2. The Labute approximate surface area is 114 Å². The summed E-state index contributed by atoms with van der Waals surface area (Å²) in [5, 5.41) is 2.77. The molecule has 0 aromatic heterocycles. The predicted molar refractivity (Wildman–Crippen MR) is 77.0 cm³/mol. The highest BCUT2D eigenvalue weighted by Gasteiger charge is 2.14. The van der Waals surface area contributed by atoms with E-state index in [0.717, 1.165) is 24.1 Å². The summed E-state index contributed by atoms with van der Waals surface area (Å²) in [7, 11) is 1.74. The normalized spacial score (nSPS) is 10.1. The molecule has 0 unspecified atom stereocenters. The van der Waals surface area contributed by atoms with Gasteiger partial charge in [-0.3, -0.25) is 9.59 Å². The SMILES string of the molecule is CCCCN(C)C(=O)CC(=O)Nc1ccccc1C. The van der Waals surface area contributed by atoms with Crippen LogP contribution in [-0.2, 0) is 9.59 Å². The number of nitrogens with zero attached hydrogens (tertiary/aromatic N) is 1. The van der Waals surface area contributed by atoms with E-state index in [1.54, 1.807) is 11.9 Å². The Morgan fingerprint density at radius 2 is 1.95 bits per heavy atom. The van der Waals surface area contributed by atoms with Crippen LogP contribution < -0.4 is 5.32 Å². The third-order valence-corrected chi connectivity index (χ3v) is 3.00. The van der Waals surface area contributed by atoms with Crippen LogP contribution in [0.1, 0.15) is 31.7 Å². The molecule has 0 saturated heterocycles. The molecule has 0 spiro atoms. The van der Waals surface area contributed by atoms with Gasteiger partial charge in [0.15, 0.2) is 0 Å². The Bertz CT molecular complexity index is 444. The second-order valence-corrected chi connectivity index (χ2v) is 4.71. The first-order valence-electron chi connectivity index (χ1n) is 6.64. The van der Waals surface area contributed by atoms with Gasteiger partial charge in [-0.1, -0.05) is 31.5 Å². The summed E-state index contributed by atoms with van der Waals surface area (Å²) >= 11 is 0. The van der Waals surface area contributed by atoms with Gasteiger partial charge < -0.3 is 10.2 Å². The van der Waals surface area contributed by atoms with Gasteiger partial charge in [-0.2, -0.15) is 0 Å². The maximum absolute atomic E-state index is 11.8. The number of amides is 2. The molecule has 0 bridgehead atoms. The van der Waals surface area contributed by atoms with Crippen molar-refractivity contribution in [2.75, 3.05) is 18.9 Å². The molecule has 4 nitrogen and oxygen atoms in total. The first-order chi connectivity index (χ1) is 9.04. The molecule has 0 aliphatic carbocycles. The van der Waals surface area contributed by atoms with Gasteiger partial charge in [-0.25, -0.2) is 0 Å². The lowest BCUT2D eigenvalue weighted by Crippen LogP contribution is -2.31. The number of anilines is 1. The van der Waals surface area contributed by atoms with E-state index < -0.39 is 0 Å². The Balaban J connectivity index is 2.47. The lowest BCUT2D eigenvalue weighted by molar-refractivity contribution is -0.133. The van der Waals surface area contributed by atoms with Gasteiger partial charge in [-0.05, 0) is 25.0 Å². The molecule has 0 fully saturated rings. The van der Waals surface area contributed by atoms with E-state index in [2.05, 4.69) is 12.2 Å². The zero-order valence-electron chi connectivity index (χ0n) is 11.9. The van der Waals surface area contributed by atoms with Gasteiger partial charge in [-0.15, -0.1) is 0 Å². The van der Waals surface area contributed by atoms with Gasteiger partial charge >= 0.3 is 0 Å². The second-order valence-electron chi connectivity index (χ2n) is 4.71. The van der Waals surface area contributed by atoms with E-state index in [-0.39, 0.29) is 18.2 Å². The molecule has 0 aliphatic rings. The van der Waals surface area contributed by atoms with Crippen LogP contribution in [0.3, 0.4) is 0 Å². The molecule has 0 radical (unpaired) electrons. The maximum atomic E-state index is 11.8. The first kappa shape index (κ1) is 15.2. The minimum Gasteiger partial charge on any atom is -0.345 e. The number of aryl methyl sites for hydroxylation is 1. The van der Waals surface area contributed by atoms with Gasteiger partial charge in [0.05, 0.1) is 0 Å². The molecule has 0 atom stereocenters. The molecular weight excluding hydrogens is 240 g/mol. The fourth-order valence-corrected chi connectivity index (χ4v) is 1.70. The number of nitrogens with one attached hydrogen (secondary N) is 1. The summed E-state index contributed by atoms with van der Waals surface area (Å²) in [5.41, 5.74) is 1.75. The van der Waals surface area contributed by atoms with Crippen molar-refractivity contribution in [1.82, 2.24) is 4.90 Å². The van der Waals surface area contributed by atoms with Crippen molar-refractivity contribution in [3.63, 3.8) is 0 Å². The van der Waals surface area contributed by atoms with Crippen molar-refractivity contribution in [1.29, 1.82) is 0 Å². The fraction of sp³-hybridized carbons (Fsp3) is 0.467. The number of carbonyl (C=O) groups excluding carboxylic acids is 2. The highest BCUT2D eigenvalue weighted by molar-refractivity contribution is 6.03. The number of hydrogen-bond donors (Lipinski definition) is 1. The smallest absolute Gasteiger partial charge is 0.233 e. The van der Waals surface area contributed by atoms with Crippen LogP contribution in [0.4, 0.5) is 5.69 Å². The highest BCUT2D eigenvalue weighted by atomic mass is 16.2. The van der Waals surface area contributed by atoms with E-state index in [1.165, 1.54) is 0 Å². The molecule has 19 heavy (non-hydrogen) atoms. The fourth-order valence-electron chi connectivity index (χ4n) is 1.70. The molecule has 1 aromatic carbocycles. The van der Waals surface area contributed by atoms with E-state index in [0.29, 0.717) is 6.54 Å². The van der Waals surface area contributed by atoms with E-state index in [1.807, 2.05) is 31.2 Å². The predicted octanol–water partition coefficient (Wildman–Crippen LogP) is 2.58. The summed E-state index contributed by atoms with van der Waals surface area (Å²) in [4.78, 5) is 25.2. The second kappa shape index (κ2) is 7.56. The number of rotatable bonds is 6. The topological polar surface area (TPSA) is 49.4 Å². The van der Waals surface area contributed by atoms with Crippen molar-refractivity contribution in [3.05, 3.63) is 29.8 Å². The van der Waals surface area contributed by atoms with Gasteiger partial charge in [0, 0.05) is 19.3 Å². The average molecular weight is 262 g/mol. The van der Waals surface area contributed by atoms with Crippen LogP contribution in [0.15, 0.2) is 24.3 Å². The van der Waals surface area contributed by atoms with E-state index in [9.17, 15) is 9.59 Å².